The highest BCUT2D eigenvalue weighted by Crippen LogP contribution is 2.25. The van der Waals surface area contributed by atoms with Crippen LogP contribution in [0.1, 0.15) is 10.4 Å². The average Bonchev–Trinajstić information content (AvgIpc) is 2.33. The Bertz CT molecular complexity index is 649. The van der Waals surface area contributed by atoms with Crippen LogP contribution in [-0.2, 0) is 0 Å². The molecule has 0 aromatic heterocycles. The lowest BCUT2D eigenvalue weighted by Crippen LogP contribution is -2.14. The van der Waals surface area contributed by atoms with Crippen molar-refractivity contribution in [3.8, 4) is 0 Å². The third-order valence-corrected chi connectivity index (χ3v) is 4.21. The topological polar surface area (TPSA) is 29.1 Å². The van der Waals surface area contributed by atoms with E-state index in [1.54, 1.807) is 12.1 Å². The molecule has 1 amide bonds. The molecule has 98 valence electrons. The highest BCUT2D eigenvalue weighted by molar-refractivity contribution is 14.1. The fraction of sp³-hybridized carbons (Fsp3) is 0. The molecule has 0 saturated carbocycles. The number of rotatable bonds is 2. The minimum Gasteiger partial charge on any atom is -0.321 e. The lowest BCUT2D eigenvalue weighted by Gasteiger charge is -2.08. The molecule has 0 spiro atoms. The third kappa shape index (κ3) is 3.76. The number of amides is 1. The number of carbonyl (C=O) groups is 1. The normalized spacial score (nSPS) is 10.3. The number of nitrogens with one attached hydrogen (secondary N) is 1. The molecule has 2 nitrogen and oxygen atoms in total. The summed E-state index contributed by atoms with van der Waals surface area (Å²) < 4.78 is 16.0. The van der Waals surface area contributed by atoms with E-state index in [1.165, 1.54) is 12.1 Å². The molecule has 2 rings (SSSR count). The van der Waals surface area contributed by atoms with Crippen molar-refractivity contribution >= 4 is 66.0 Å². The molecule has 1 N–H and O–H groups in total. The summed E-state index contributed by atoms with van der Waals surface area (Å²) in [7, 11) is 0. The molecule has 6 heteroatoms. The van der Waals surface area contributed by atoms with E-state index in [1.807, 2.05) is 12.1 Å². The molecule has 0 fully saturated rings. The quantitative estimate of drug-likeness (QED) is 0.566. The lowest BCUT2D eigenvalue weighted by molar-refractivity contribution is 0.102. The first-order chi connectivity index (χ1) is 8.97. The number of carbonyl (C=O) groups excluding carboxylic acids is 1. The number of anilines is 1. The van der Waals surface area contributed by atoms with Gasteiger partial charge in [0.2, 0.25) is 0 Å². The van der Waals surface area contributed by atoms with E-state index in [0.29, 0.717) is 10.2 Å². The Hall–Kier alpha value is -0.470. The molecule has 0 aliphatic carbocycles. The van der Waals surface area contributed by atoms with E-state index in [2.05, 4.69) is 59.8 Å². The number of benzene rings is 2. The van der Waals surface area contributed by atoms with E-state index >= 15 is 0 Å². The van der Waals surface area contributed by atoms with Gasteiger partial charge in [-0.25, -0.2) is 4.39 Å². The van der Waals surface area contributed by atoms with Crippen LogP contribution in [0.3, 0.4) is 0 Å². The van der Waals surface area contributed by atoms with Crippen LogP contribution in [0.5, 0.6) is 0 Å². The first kappa shape index (κ1) is 14.9. The van der Waals surface area contributed by atoms with Gasteiger partial charge in [0.05, 0.1) is 11.3 Å². The minimum atomic E-state index is -0.561. The van der Waals surface area contributed by atoms with Crippen molar-refractivity contribution in [2.75, 3.05) is 5.32 Å². The summed E-state index contributed by atoms with van der Waals surface area (Å²) in [6.07, 6.45) is 0. The van der Waals surface area contributed by atoms with Crippen molar-refractivity contribution in [1.29, 1.82) is 0 Å². The summed E-state index contributed by atoms with van der Waals surface area (Å²) in [5, 5.41) is 2.68. The Morgan fingerprint density at radius 1 is 1.16 bits per heavy atom. The Kier molecular flexibility index (Phi) is 4.97. The third-order valence-electron chi connectivity index (χ3n) is 2.35. The van der Waals surface area contributed by atoms with Gasteiger partial charge in [0.15, 0.2) is 0 Å². The zero-order valence-electron chi connectivity index (χ0n) is 9.38. The summed E-state index contributed by atoms with van der Waals surface area (Å²) in [5.41, 5.74) is 0.619. The van der Waals surface area contributed by atoms with Crippen molar-refractivity contribution in [3.05, 3.63) is 60.3 Å². The van der Waals surface area contributed by atoms with Crippen LogP contribution in [0.15, 0.2) is 45.3 Å². The van der Waals surface area contributed by atoms with Gasteiger partial charge < -0.3 is 5.32 Å². The second-order valence-corrected chi connectivity index (χ2v) is 6.72. The van der Waals surface area contributed by atoms with Gasteiger partial charge in [0, 0.05) is 12.5 Å². The van der Waals surface area contributed by atoms with Gasteiger partial charge in [0.25, 0.3) is 5.91 Å². The maximum atomic E-state index is 13.7. The maximum Gasteiger partial charge on any atom is 0.258 e. The van der Waals surface area contributed by atoms with Crippen molar-refractivity contribution in [3.63, 3.8) is 0 Å². The molecule has 2 aromatic carbocycles. The number of hydrogen-bond donors (Lipinski definition) is 1. The molecule has 0 saturated heterocycles. The van der Waals surface area contributed by atoms with Gasteiger partial charge in [-0.2, -0.15) is 0 Å². The first-order valence-corrected chi connectivity index (χ1v) is 7.85. The van der Waals surface area contributed by atoms with Crippen LogP contribution in [-0.4, -0.2) is 5.91 Å². The average molecular weight is 499 g/mol. The van der Waals surface area contributed by atoms with Crippen molar-refractivity contribution in [2.24, 2.45) is 0 Å². The van der Waals surface area contributed by atoms with Gasteiger partial charge in [-0.3, -0.25) is 4.79 Å². The maximum absolute atomic E-state index is 13.7. The fourth-order valence-corrected chi connectivity index (χ4v) is 2.63. The molecule has 0 atom stereocenters. The largest absolute Gasteiger partial charge is 0.321 e. The van der Waals surface area contributed by atoms with Gasteiger partial charge >= 0.3 is 0 Å². The van der Waals surface area contributed by atoms with Crippen LogP contribution >= 0.6 is 54.5 Å². The summed E-state index contributed by atoms with van der Waals surface area (Å²) >= 11 is 8.64. The fourth-order valence-electron chi connectivity index (χ4n) is 1.46. The summed E-state index contributed by atoms with van der Waals surface area (Å²) in [6.45, 7) is 0. The molecule has 0 radical (unpaired) electrons. The smallest absolute Gasteiger partial charge is 0.258 e. The van der Waals surface area contributed by atoms with Gasteiger partial charge in [-0.15, -0.1) is 0 Å². The van der Waals surface area contributed by atoms with Crippen LogP contribution < -0.4 is 5.32 Å². The highest BCUT2D eigenvalue weighted by Gasteiger charge is 2.13. The predicted octanol–water partition coefficient (Wildman–Crippen LogP) is 5.21. The van der Waals surface area contributed by atoms with Crippen LogP contribution in [0.25, 0.3) is 0 Å². The van der Waals surface area contributed by atoms with Gasteiger partial charge in [-0.1, -0.05) is 15.9 Å². The molecule has 2 aromatic rings. The van der Waals surface area contributed by atoms with E-state index in [9.17, 15) is 9.18 Å². The van der Waals surface area contributed by atoms with Crippen LogP contribution in [0, 0.1) is 9.39 Å². The van der Waals surface area contributed by atoms with Gasteiger partial charge in [-0.05, 0) is 74.9 Å². The van der Waals surface area contributed by atoms with Crippen molar-refractivity contribution in [2.45, 2.75) is 0 Å². The zero-order valence-corrected chi connectivity index (χ0v) is 14.7. The monoisotopic (exact) mass is 497 g/mol. The predicted molar refractivity (Wildman–Crippen MR) is 88.9 cm³/mol. The Balaban J connectivity index is 2.28. The second kappa shape index (κ2) is 6.32. The van der Waals surface area contributed by atoms with E-state index in [0.717, 1.165) is 8.04 Å². The molecular weight excluding hydrogens is 492 g/mol. The Labute approximate surface area is 140 Å². The summed E-state index contributed by atoms with van der Waals surface area (Å²) in [6, 6.07) is 9.87. The molecule has 19 heavy (non-hydrogen) atoms. The Morgan fingerprint density at radius 3 is 2.58 bits per heavy atom. The molecule has 0 unspecified atom stereocenters. The Morgan fingerprint density at radius 2 is 1.89 bits per heavy atom. The highest BCUT2D eigenvalue weighted by atomic mass is 127. The molecule has 0 heterocycles. The van der Waals surface area contributed by atoms with Crippen molar-refractivity contribution in [1.82, 2.24) is 0 Å². The summed E-state index contributed by atoms with van der Waals surface area (Å²) in [4.78, 5) is 12.0. The second-order valence-electron chi connectivity index (χ2n) is 3.70. The minimum absolute atomic E-state index is 0.00830. The van der Waals surface area contributed by atoms with Crippen LogP contribution in [0.4, 0.5) is 10.1 Å². The zero-order chi connectivity index (χ0) is 14.0. The van der Waals surface area contributed by atoms with E-state index in [-0.39, 0.29) is 5.56 Å². The molecule has 0 bridgehead atoms. The molecule has 0 aliphatic rings. The summed E-state index contributed by atoms with van der Waals surface area (Å²) in [5.74, 6) is -1.04. The van der Waals surface area contributed by atoms with E-state index < -0.39 is 11.7 Å². The van der Waals surface area contributed by atoms with Gasteiger partial charge in [0.1, 0.15) is 5.82 Å². The molecule has 0 aliphatic heterocycles. The molecular formula is C13H7Br2FINO. The van der Waals surface area contributed by atoms with Crippen LogP contribution in [0.2, 0.25) is 0 Å². The number of halogens is 4. The van der Waals surface area contributed by atoms with E-state index in [4.69, 9.17) is 0 Å². The standard InChI is InChI=1S/C13H7Br2FINO/c14-7-1-3-9(11(16)5-7)13(19)18-12-6-8(17)2-4-10(12)15/h1-6H,(H,18,19). The lowest BCUT2D eigenvalue weighted by atomic mass is 10.2. The first-order valence-electron chi connectivity index (χ1n) is 5.19. The SMILES string of the molecule is O=C(Nc1cc(I)ccc1Br)c1ccc(Br)cc1F. The number of hydrogen-bond acceptors (Lipinski definition) is 1. The van der Waals surface area contributed by atoms with Crippen molar-refractivity contribution < 1.29 is 9.18 Å².